The molecule has 0 aromatic heterocycles. The molecule has 0 fully saturated rings. The largest absolute Gasteiger partial charge is 0.444 e. The molecule has 2 aromatic rings. The minimum Gasteiger partial charge on any atom is -0.444 e. The van der Waals surface area contributed by atoms with Crippen LogP contribution in [-0.2, 0) is 19.1 Å². The molecule has 2 unspecified atom stereocenters. The maximum atomic E-state index is 14.0. The van der Waals surface area contributed by atoms with E-state index in [4.69, 9.17) is 10.5 Å². The summed E-state index contributed by atoms with van der Waals surface area (Å²) in [6.45, 7) is 12.0. The van der Waals surface area contributed by atoms with E-state index in [1.54, 1.807) is 51.1 Å². The molecule has 10 nitrogen and oxygen atoms in total. The number of hydrogen-bond donors (Lipinski definition) is 3. The van der Waals surface area contributed by atoms with E-state index in [1.165, 1.54) is 0 Å². The summed E-state index contributed by atoms with van der Waals surface area (Å²) in [5.41, 5.74) is 7.80. The fourth-order valence-electron chi connectivity index (χ4n) is 4.10. The van der Waals surface area contributed by atoms with E-state index in [0.29, 0.717) is 16.8 Å². The Morgan fingerprint density at radius 2 is 1.75 bits per heavy atom. The van der Waals surface area contributed by atoms with E-state index in [1.807, 2.05) is 38.1 Å². The number of anilines is 1. The Hall–Kier alpha value is -4.65. The zero-order valence-corrected chi connectivity index (χ0v) is 23.6. The monoisotopic (exact) mass is 547 g/mol. The number of nitrogens with two attached hydrogens (primary N) is 1. The number of amides is 4. The lowest BCUT2D eigenvalue weighted by atomic mass is 9.99. The van der Waals surface area contributed by atoms with E-state index < -0.39 is 48.0 Å². The van der Waals surface area contributed by atoms with Gasteiger partial charge in [-0.15, -0.1) is 0 Å². The van der Waals surface area contributed by atoms with Crippen molar-refractivity contribution in [2.75, 3.05) is 11.9 Å². The third kappa shape index (κ3) is 8.98. The van der Waals surface area contributed by atoms with Gasteiger partial charge >= 0.3 is 6.09 Å². The summed E-state index contributed by atoms with van der Waals surface area (Å²) in [6.07, 6.45) is 0.322. The molecule has 0 heterocycles. The quantitative estimate of drug-likeness (QED) is 0.359. The smallest absolute Gasteiger partial charge is 0.408 e. The molecule has 212 valence electrons. The van der Waals surface area contributed by atoms with E-state index in [9.17, 15) is 24.4 Å². The zero-order valence-electron chi connectivity index (χ0n) is 23.6. The van der Waals surface area contributed by atoms with Crippen LogP contribution in [0.1, 0.15) is 61.9 Å². The average molecular weight is 548 g/mol. The third-order valence-corrected chi connectivity index (χ3v) is 5.94. The molecule has 0 aliphatic heterocycles. The molecule has 0 aliphatic rings. The van der Waals surface area contributed by atoms with Crippen LogP contribution in [0.3, 0.4) is 0 Å². The predicted octanol–water partition coefficient (Wildman–Crippen LogP) is 4.14. The number of carbonyl (C=O) groups is 4. The summed E-state index contributed by atoms with van der Waals surface area (Å²) in [5.74, 6) is -1.99. The fourth-order valence-corrected chi connectivity index (χ4v) is 4.10. The number of nitrogens with one attached hydrogen (secondary N) is 2. The molecule has 0 saturated heterocycles. The molecule has 4 amide bonds. The minimum atomic E-state index is -1.30. The number of benzene rings is 2. The van der Waals surface area contributed by atoms with Gasteiger partial charge in [0, 0.05) is 12.1 Å². The highest BCUT2D eigenvalue weighted by atomic mass is 16.6. The summed E-state index contributed by atoms with van der Waals surface area (Å²) in [7, 11) is 0. The summed E-state index contributed by atoms with van der Waals surface area (Å²) in [5, 5.41) is 15.1. The summed E-state index contributed by atoms with van der Waals surface area (Å²) < 4.78 is 5.30. The average Bonchev–Trinajstić information content (AvgIpc) is 2.87. The minimum absolute atomic E-state index is 0.159. The van der Waals surface area contributed by atoms with Gasteiger partial charge in [-0.1, -0.05) is 49.1 Å². The van der Waals surface area contributed by atoms with Crippen molar-refractivity contribution in [3.05, 3.63) is 71.3 Å². The van der Waals surface area contributed by atoms with Crippen molar-refractivity contribution in [3.8, 4) is 6.07 Å². The molecule has 2 rings (SSSR count). The van der Waals surface area contributed by atoms with Crippen molar-refractivity contribution >= 4 is 35.6 Å². The van der Waals surface area contributed by atoms with E-state index in [2.05, 4.69) is 17.2 Å². The molecule has 10 heteroatoms. The lowest BCUT2D eigenvalue weighted by molar-refractivity contribution is -0.140. The van der Waals surface area contributed by atoms with Crippen LogP contribution >= 0.6 is 0 Å². The van der Waals surface area contributed by atoms with Crippen LogP contribution in [0.25, 0.3) is 6.08 Å². The number of aryl methyl sites for hydroxylation is 2. The fraction of sp³-hybridized carbons (Fsp3) is 0.367. The number of primary amides is 1. The Bertz CT molecular complexity index is 1290. The molecule has 2 atom stereocenters. The standard InChI is InChI=1S/C30H37N5O5/c1-7-21-12-9-13-22(18-21)26(27(37)34-25-19(2)10-8-11-20(25)3)35(17-16-31)28(38)23(14-15-24(32)36)33-29(39)40-30(4,5)6/h7-13,18,23,26H,1,14-15,17H2,2-6H3,(H2,32,36)(H,33,39)(H,34,37). The van der Waals surface area contributed by atoms with Crippen molar-refractivity contribution in [2.45, 2.75) is 65.1 Å². The van der Waals surface area contributed by atoms with Gasteiger partial charge in [0.15, 0.2) is 0 Å². The molecule has 0 bridgehead atoms. The molecule has 4 N–H and O–H groups in total. The maximum Gasteiger partial charge on any atom is 0.408 e. The number of nitriles is 1. The molecule has 0 saturated carbocycles. The van der Waals surface area contributed by atoms with Gasteiger partial charge < -0.3 is 26.0 Å². The van der Waals surface area contributed by atoms with Crippen LogP contribution in [0.15, 0.2) is 49.0 Å². The Labute approximate surface area is 235 Å². The van der Waals surface area contributed by atoms with Gasteiger partial charge in [0.2, 0.25) is 11.8 Å². The Morgan fingerprint density at radius 1 is 1.12 bits per heavy atom. The first-order chi connectivity index (χ1) is 18.8. The second kappa shape index (κ2) is 13.9. The van der Waals surface area contributed by atoms with E-state index >= 15 is 0 Å². The van der Waals surface area contributed by atoms with Gasteiger partial charge in [-0.2, -0.15) is 5.26 Å². The van der Waals surface area contributed by atoms with Crippen LogP contribution in [-0.4, -0.2) is 46.9 Å². The Balaban J connectivity index is 2.59. The summed E-state index contributed by atoms with van der Waals surface area (Å²) in [6, 6.07) is 11.8. The molecule has 0 aliphatic carbocycles. The van der Waals surface area contributed by atoms with Crippen molar-refractivity contribution in [3.63, 3.8) is 0 Å². The number of hydrogen-bond acceptors (Lipinski definition) is 6. The van der Waals surface area contributed by atoms with E-state index in [-0.39, 0.29) is 12.8 Å². The first-order valence-electron chi connectivity index (χ1n) is 12.8. The van der Waals surface area contributed by atoms with Crippen LogP contribution in [0.5, 0.6) is 0 Å². The number of ether oxygens (including phenoxy) is 1. The van der Waals surface area contributed by atoms with Gasteiger partial charge in [0.1, 0.15) is 24.2 Å². The Kier molecular flexibility index (Phi) is 11.0. The van der Waals surface area contributed by atoms with Crippen LogP contribution in [0, 0.1) is 25.2 Å². The first kappa shape index (κ1) is 31.6. The van der Waals surface area contributed by atoms with Crippen LogP contribution in [0.2, 0.25) is 0 Å². The predicted molar refractivity (Wildman–Crippen MR) is 153 cm³/mol. The lowest BCUT2D eigenvalue weighted by Crippen LogP contribution is -2.52. The van der Waals surface area contributed by atoms with Crippen molar-refractivity contribution in [1.29, 1.82) is 5.26 Å². The second-order valence-electron chi connectivity index (χ2n) is 10.4. The second-order valence-corrected chi connectivity index (χ2v) is 10.4. The van der Waals surface area contributed by atoms with E-state index in [0.717, 1.165) is 16.0 Å². The third-order valence-electron chi connectivity index (χ3n) is 5.94. The molecular weight excluding hydrogens is 510 g/mol. The summed E-state index contributed by atoms with van der Waals surface area (Å²) in [4.78, 5) is 53.1. The number of carbonyl (C=O) groups excluding carboxylic acids is 4. The van der Waals surface area contributed by atoms with Crippen molar-refractivity contribution in [2.24, 2.45) is 5.73 Å². The topological polar surface area (TPSA) is 155 Å². The maximum absolute atomic E-state index is 14.0. The van der Waals surface area contributed by atoms with Crippen LogP contribution < -0.4 is 16.4 Å². The highest BCUT2D eigenvalue weighted by Gasteiger charge is 2.36. The molecule has 0 spiro atoms. The van der Waals surface area contributed by atoms with Gasteiger partial charge in [-0.25, -0.2) is 4.79 Å². The number of para-hydroxylation sites is 1. The van der Waals surface area contributed by atoms with Gasteiger partial charge in [0.05, 0.1) is 6.07 Å². The number of alkyl carbamates (subject to hydrolysis) is 1. The Morgan fingerprint density at radius 3 is 2.30 bits per heavy atom. The van der Waals surface area contributed by atoms with Crippen molar-refractivity contribution in [1.82, 2.24) is 10.2 Å². The molecule has 0 radical (unpaired) electrons. The molecule has 40 heavy (non-hydrogen) atoms. The van der Waals surface area contributed by atoms with Gasteiger partial charge in [-0.3, -0.25) is 14.4 Å². The van der Waals surface area contributed by atoms with Gasteiger partial charge in [-0.05, 0) is 69.4 Å². The highest BCUT2D eigenvalue weighted by molar-refractivity contribution is 6.00. The molecular formula is C30H37N5O5. The normalized spacial score (nSPS) is 12.3. The summed E-state index contributed by atoms with van der Waals surface area (Å²) >= 11 is 0. The zero-order chi connectivity index (χ0) is 30.0. The number of nitrogens with zero attached hydrogens (tertiary/aromatic N) is 2. The molecule has 2 aromatic carbocycles. The number of rotatable bonds is 11. The van der Waals surface area contributed by atoms with Gasteiger partial charge in [0.25, 0.3) is 5.91 Å². The first-order valence-corrected chi connectivity index (χ1v) is 12.8. The highest BCUT2D eigenvalue weighted by Crippen LogP contribution is 2.28. The SMILES string of the molecule is C=Cc1cccc(C(C(=O)Nc2c(C)cccc2C)N(CC#N)C(=O)C(CCC(N)=O)NC(=O)OC(C)(C)C)c1. The lowest BCUT2D eigenvalue weighted by Gasteiger charge is -2.33. The van der Waals surface area contributed by atoms with Crippen LogP contribution in [0.4, 0.5) is 10.5 Å². The van der Waals surface area contributed by atoms with Crippen molar-refractivity contribution < 1.29 is 23.9 Å².